The number of rotatable bonds is 6. The Kier molecular flexibility index (Phi) is 6.31. The molecule has 3 aromatic rings. The van der Waals surface area contributed by atoms with E-state index in [1.54, 1.807) is 24.4 Å². The Hall–Kier alpha value is -3.86. The molecule has 1 aliphatic heterocycles. The van der Waals surface area contributed by atoms with E-state index in [9.17, 15) is 18.0 Å². The van der Waals surface area contributed by atoms with E-state index in [2.05, 4.69) is 10.3 Å². The monoisotopic (exact) mass is 450 g/mol. The van der Waals surface area contributed by atoms with E-state index in [-0.39, 0.29) is 12.3 Å². The molecule has 0 fully saturated rings. The smallest absolute Gasteiger partial charge is 0.351 e. The van der Waals surface area contributed by atoms with Crippen molar-refractivity contribution in [2.24, 2.45) is 0 Å². The second kappa shape index (κ2) is 9.33. The average molecular weight is 450 g/mol. The second-order valence-corrected chi connectivity index (χ2v) is 7.77. The number of nitriles is 1. The summed E-state index contributed by atoms with van der Waals surface area (Å²) in [4.78, 5) is 19.0. The van der Waals surface area contributed by atoms with Gasteiger partial charge < -0.3 is 10.2 Å². The summed E-state index contributed by atoms with van der Waals surface area (Å²) in [7, 11) is 0. The Morgan fingerprint density at radius 1 is 1.12 bits per heavy atom. The maximum atomic E-state index is 13.0. The first-order valence-corrected chi connectivity index (χ1v) is 10.5. The van der Waals surface area contributed by atoms with E-state index in [0.717, 1.165) is 22.9 Å². The predicted octanol–water partition coefficient (Wildman–Crippen LogP) is 5.03. The van der Waals surface area contributed by atoms with Crippen LogP contribution in [0.5, 0.6) is 0 Å². The summed E-state index contributed by atoms with van der Waals surface area (Å²) >= 11 is 0. The van der Waals surface area contributed by atoms with Crippen molar-refractivity contribution in [3.05, 3.63) is 88.6 Å². The molecule has 0 saturated heterocycles. The molecule has 5 nitrogen and oxygen atoms in total. The van der Waals surface area contributed by atoms with Gasteiger partial charge >= 0.3 is 6.18 Å². The van der Waals surface area contributed by atoms with Gasteiger partial charge in [-0.1, -0.05) is 24.3 Å². The van der Waals surface area contributed by atoms with Crippen molar-refractivity contribution >= 4 is 17.4 Å². The summed E-state index contributed by atoms with van der Waals surface area (Å²) in [6.07, 6.45) is -1.47. The highest BCUT2D eigenvalue weighted by Gasteiger charge is 2.30. The lowest BCUT2D eigenvalue weighted by atomic mass is 10.0. The molecule has 1 amide bonds. The van der Waals surface area contributed by atoms with Crippen LogP contribution in [0.4, 0.5) is 24.7 Å². The van der Waals surface area contributed by atoms with Crippen LogP contribution in [-0.4, -0.2) is 24.0 Å². The van der Waals surface area contributed by atoms with E-state index in [1.807, 2.05) is 29.2 Å². The highest BCUT2D eigenvalue weighted by atomic mass is 19.4. The van der Waals surface area contributed by atoms with E-state index >= 15 is 0 Å². The Labute approximate surface area is 189 Å². The van der Waals surface area contributed by atoms with Gasteiger partial charge in [0.05, 0.1) is 18.1 Å². The second-order valence-electron chi connectivity index (χ2n) is 7.77. The van der Waals surface area contributed by atoms with Crippen LogP contribution in [0.3, 0.4) is 0 Å². The number of anilines is 2. The maximum Gasteiger partial charge on any atom is 0.416 e. The van der Waals surface area contributed by atoms with Crippen molar-refractivity contribution in [1.82, 2.24) is 10.3 Å². The van der Waals surface area contributed by atoms with Crippen molar-refractivity contribution < 1.29 is 18.0 Å². The molecule has 0 spiro atoms. The number of nitrogens with one attached hydrogen (secondary N) is 1. The SMILES string of the molecule is N#CCCNC(=O)c1cccc2c1CCN2c1cc(Cc2cccc(C(F)(F)F)c2)ccn1. The van der Waals surface area contributed by atoms with Gasteiger partial charge in [0.25, 0.3) is 5.91 Å². The quantitative estimate of drug-likeness (QED) is 0.535. The first kappa shape index (κ1) is 22.3. The largest absolute Gasteiger partial charge is 0.416 e. The first-order chi connectivity index (χ1) is 15.9. The fourth-order valence-corrected chi connectivity index (χ4v) is 4.02. The van der Waals surface area contributed by atoms with Gasteiger partial charge in [0.1, 0.15) is 5.82 Å². The van der Waals surface area contributed by atoms with Crippen LogP contribution in [-0.2, 0) is 19.0 Å². The van der Waals surface area contributed by atoms with Gasteiger partial charge in [0.15, 0.2) is 0 Å². The molecular formula is C25H21F3N4O. The lowest BCUT2D eigenvalue weighted by Gasteiger charge is -2.19. The zero-order valence-electron chi connectivity index (χ0n) is 17.7. The van der Waals surface area contributed by atoms with Crippen molar-refractivity contribution in [3.8, 4) is 6.07 Å². The molecule has 1 N–H and O–H groups in total. The molecule has 0 radical (unpaired) electrons. The van der Waals surface area contributed by atoms with Crippen molar-refractivity contribution in [3.63, 3.8) is 0 Å². The standard InChI is InChI=1S/C25H21F3N4O/c26-25(27,28)19-5-1-4-17(15-19)14-18-8-12-30-23(16-18)32-13-9-20-21(6-2-7-22(20)32)24(33)31-11-3-10-29/h1-2,4-8,12,15-16H,3,9,11,13-14H2,(H,31,33). The van der Waals surface area contributed by atoms with Crippen LogP contribution in [0, 0.1) is 11.3 Å². The van der Waals surface area contributed by atoms with Gasteiger partial charge in [-0.15, -0.1) is 0 Å². The number of alkyl halides is 3. The molecule has 0 unspecified atom stereocenters. The molecule has 1 aliphatic rings. The summed E-state index contributed by atoms with van der Waals surface area (Å²) in [6, 6.07) is 16.5. The molecule has 33 heavy (non-hydrogen) atoms. The van der Waals surface area contributed by atoms with E-state index in [4.69, 9.17) is 5.26 Å². The molecule has 2 heterocycles. The average Bonchev–Trinajstić information content (AvgIpc) is 3.23. The zero-order chi connectivity index (χ0) is 23.4. The molecule has 4 rings (SSSR count). The third-order valence-corrected chi connectivity index (χ3v) is 5.54. The number of carbonyl (C=O) groups excluding carboxylic acids is 1. The highest BCUT2D eigenvalue weighted by Crippen LogP contribution is 2.36. The maximum absolute atomic E-state index is 13.0. The topological polar surface area (TPSA) is 69.0 Å². The van der Waals surface area contributed by atoms with Crippen LogP contribution in [0.25, 0.3) is 0 Å². The lowest BCUT2D eigenvalue weighted by molar-refractivity contribution is -0.137. The van der Waals surface area contributed by atoms with Crippen LogP contribution < -0.4 is 10.2 Å². The Balaban J connectivity index is 1.56. The highest BCUT2D eigenvalue weighted by molar-refractivity contribution is 5.98. The molecule has 0 atom stereocenters. The lowest BCUT2D eigenvalue weighted by Crippen LogP contribution is -2.25. The summed E-state index contributed by atoms with van der Waals surface area (Å²) in [5.74, 6) is 0.468. The summed E-state index contributed by atoms with van der Waals surface area (Å²) in [5.41, 5.74) is 3.12. The van der Waals surface area contributed by atoms with Crippen molar-refractivity contribution in [2.75, 3.05) is 18.0 Å². The molecule has 8 heteroatoms. The molecule has 0 aliphatic carbocycles. The molecular weight excluding hydrogens is 429 g/mol. The van der Waals surface area contributed by atoms with E-state index < -0.39 is 11.7 Å². The summed E-state index contributed by atoms with van der Waals surface area (Å²) in [6.45, 7) is 0.930. The van der Waals surface area contributed by atoms with Crippen LogP contribution in [0.1, 0.15) is 39.0 Å². The van der Waals surface area contributed by atoms with Gasteiger partial charge in [-0.2, -0.15) is 18.4 Å². The van der Waals surface area contributed by atoms with E-state index in [0.29, 0.717) is 42.9 Å². The van der Waals surface area contributed by atoms with Crippen LogP contribution in [0.15, 0.2) is 60.8 Å². The minimum absolute atomic E-state index is 0.213. The van der Waals surface area contributed by atoms with Gasteiger partial charge in [-0.05, 0) is 59.9 Å². The number of carbonyl (C=O) groups is 1. The Morgan fingerprint density at radius 2 is 1.91 bits per heavy atom. The van der Waals surface area contributed by atoms with Gasteiger partial charge in [0, 0.05) is 30.5 Å². The number of amides is 1. The minimum Gasteiger partial charge on any atom is -0.351 e. The summed E-state index contributed by atoms with van der Waals surface area (Å²) in [5, 5.41) is 11.4. The Bertz CT molecular complexity index is 1220. The number of hydrogen-bond acceptors (Lipinski definition) is 4. The van der Waals surface area contributed by atoms with E-state index in [1.165, 1.54) is 12.1 Å². The summed E-state index contributed by atoms with van der Waals surface area (Å²) < 4.78 is 39.1. The third-order valence-electron chi connectivity index (χ3n) is 5.54. The Morgan fingerprint density at radius 3 is 2.70 bits per heavy atom. The van der Waals surface area contributed by atoms with Crippen molar-refractivity contribution in [2.45, 2.75) is 25.4 Å². The first-order valence-electron chi connectivity index (χ1n) is 10.5. The van der Waals surface area contributed by atoms with Crippen LogP contribution >= 0.6 is 0 Å². The number of halogens is 3. The predicted molar refractivity (Wildman–Crippen MR) is 118 cm³/mol. The third kappa shape index (κ3) is 4.98. The number of pyridine rings is 1. The number of benzene rings is 2. The molecule has 2 aromatic carbocycles. The number of aromatic nitrogens is 1. The normalized spacial score (nSPS) is 12.8. The molecule has 168 valence electrons. The minimum atomic E-state index is -4.38. The fourth-order valence-electron chi connectivity index (χ4n) is 4.02. The number of fused-ring (bicyclic) bond motifs is 1. The van der Waals surface area contributed by atoms with Gasteiger partial charge in [-0.3, -0.25) is 4.79 Å². The molecule has 0 bridgehead atoms. The number of nitrogens with zero attached hydrogens (tertiary/aromatic N) is 3. The van der Waals surface area contributed by atoms with Gasteiger partial charge in [-0.25, -0.2) is 4.98 Å². The zero-order valence-corrected chi connectivity index (χ0v) is 17.7. The fraction of sp³-hybridized carbons (Fsp3) is 0.240. The van der Waals surface area contributed by atoms with Gasteiger partial charge in [0.2, 0.25) is 0 Å². The molecule has 0 saturated carbocycles. The number of hydrogen-bond donors (Lipinski definition) is 1. The van der Waals surface area contributed by atoms with Crippen LogP contribution in [0.2, 0.25) is 0 Å². The molecule has 1 aromatic heterocycles. The van der Waals surface area contributed by atoms with Crippen molar-refractivity contribution in [1.29, 1.82) is 5.26 Å².